The molecule has 1 aromatic heterocycles. The monoisotopic (exact) mass is 309 g/mol. The average molecular weight is 310 g/mol. The van der Waals surface area contributed by atoms with Crippen LogP contribution in [0.15, 0.2) is 28.9 Å². The van der Waals surface area contributed by atoms with Crippen LogP contribution in [0.2, 0.25) is 0 Å². The maximum Gasteiger partial charge on any atom is 0.123 e. The minimum absolute atomic E-state index is 0.707. The SMILES string of the molecule is CCCn1nncc1C(O)c1ccc(C)cc1Br. The number of rotatable bonds is 4. The molecule has 0 saturated heterocycles. The molecule has 0 aliphatic rings. The second kappa shape index (κ2) is 5.63. The lowest BCUT2D eigenvalue weighted by molar-refractivity contribution is 0.206. The summed E-state index contributed by atoms with van der Waals surface area (Å²) in [4.78, 5) is 0. The fourth-order valence-electron chi connectivity index (χ4n) is 1.88. The number of aromatic nitrogens is 3. The average Bonchev–Trinajstić information content (AvgIpc) is 2.77. The number of aryl methyl sites for hydroxylation is 2. The van der Waals surface area contributed by atoms with Crippen molar-refractivity contribution in [3.05, 3.63) is 45.7 Å². The molecule has 2 aromatic rings. The number of hydrogen-bond acceptors (Lipinski definition) is 3. The summed E-state index contributed by atoms with van der Waals surface area (Å²) in [6, 6.07) is 5.90. The Balaban J connectivity index is 2.35. The van der Waals surface area contributed by atoms with Crippen molar-refractivity contribution in [1.82, 2.24) is 15.0 Å². The molecular formula is C13H16BrN3O. The lowest BCUT2D eigenvalue weighted by Crippen LogP contribution is -2.10. The molecule has 96 valence electrons. The number of benzene rings is 1. The number of aliphatic hydroxyl groups excluding tert-OH is 1. The van der Waals surface area contributed by atoms with Crippen molar-refractivity contribution in [2.24, 2.45) is 0 Å². The van der Waals surface area contributed by atoms with Crippen LogP contribution in [0.1, 0.15) is 36.3 Å². The van der Waals surface area contributed by atoms with Gasteiger partial charge in [0.25, 0.3) is 0 Å². The highest BCUT2D eigenvalue weighted by atomic mass is 79.9. The quantitative estimate of drug-likeness (QED) is 0.945. The maximum absolute atomic E-state index is 10.4. The van der Waals surface area contributed by atoms with Crippen molar-refractivity contribution in [1.29, 1.82) is 0 Å². The predicted octanol–water partition coefficient (Wildman–Crippen LogP) is 2.84. The van der Waals surface area contributed by atoms with Gasteiger partial charge in [0.05, 0.1) is 11.9 Å². The van der Waals surface area contributed by atoms with E-state index in [2.05, 4.69) is 33.2 Å². The molecule has 1 atom stereocenters. The van der Waals surface area contributed by atoms with Crippen molar-refractivity contribution in [2.45, 2.75) is 32.9 Å². The first kappa shape index (κ1) is 13.2. The van der Waals surface area contributed by atoms with Crippen LogP contribution in [0.4, 0.5) is 0 Å². The molecular weight excluding hydrogens is 294 g/mol. The van der Waals surface area contributed by atoms with Gasteiger partial charge in [-0.25, -0.2) is 4.68 Å². The van der Waals surface area contributed by atoms with Gasteiger partial charge in [0.2, 0.25) is 0 Å². The molecule has 0 fully saturated rings. The summed E-state index contributed by atoms with van der Waals surface area (Å²) in [5.74, 6) is 0. The molecule has 0 amide bonds. The molecule has 0 saturated carbocycles. The van der Waals surface area contributed by atoms with E-state index in [9.17, 15) is 5.11 Å². The molecule has 4 nitrogen and oxygen atoms in total. The smallest absolute Gasteiger partial charge is 0.123 e. The van der Waals surface area contributed by atoms with E-state index in [0.717, 1.165) is 34.3 Å². The van der Waals surface area contributed by atoms with E-state index in [4.69, 9.17) is 0 Å². The van der Waals surface area contributed by atoms with Crippen LogP contribution in [0.25, 0.3) is 0 Å². The highest BCUT2D eigenvalue weighted by molar-refractivity contribution is 9.10. The Morgan fingerprint density at radius 1 is 1.44 bits per heavy atom. The van der Waals surface area contributed by atoms with Gasteiger partial charge >= 0.3 is 0 Å². The van der Waals surface area contributed by atoms with Crippen molar-refractivity contribution in [3.8, 4) is 0 Å². The van der Waals surface area contributed by atoms with Crippen molar-refractivity contribution in [3.63, 3.8) is 0 Å². The first-order chi connectivity index (χ1) is 8.63. The van der Waals surface area contributed by atoms with Gasteiger partial charge in [-0.05, 0) is 25.0 Å². The van der Waals surface area contributed by atoms with Crippen molar-refractivity contribution < 1.29 is 5.11 Å². The lowest BCUT2D eigenvalue weighted by Gasteiger charge is -2.14. The van der Waals surface area contributed by atoms with Crippen LogP contribution in [0.5, 0.6) is 0 Å². The van der Waals surface area contributed by atoms with Crippen molar-refractivity contribution >= 4 is 15.9 Å². The van der Waals surface area contributed by atoms with E-state index in [1.54, 1.807) is 10.9 Å². The van der Waals surface area contributed by atoms with Crippen LogP contribution in [0, 0.1) is 6.92 Å². The summed E-state index contributed by atoms with van der Waals surface area (Å²) >= 11 is 3.49. The van der Waals surface area contributed by atoms with Crippen LogP contribution in [-0.4, -0.2) is 20.1 Å². The first-order valence-corrected chi connectivity index (χ1v) is 6.75. The van der Waals surface area contributed by atoms with E-state index in [1.165, 1.54) is 0 Å². The molecule has 0 spiro atoms. The second-order valence-electron chi connectivity index (χ2n) is 4.31. The molecule has 0 radical (unpaired) electrons. The maximum atomic E-state index is 10.4. The first-order valence-electron chi connectivity index (χ1n) is 5.96. The van der Waals surface area contributed by atoms with E-state index < -0.39 is 6.10 Å². The summed E-state index contributed by atoms with van der Waals surface area (Å²) in [5, 5.41) is 18.3. The van der Waals surface area contributed by atoms with Gasteiger partial charge in [-0.15, -0.1) is 5.10 Å². The molecule has 1 unspecified atom stereocenters. The third-order valence-electron chi connectivity index (χ3n) is 2.81. The predicted molar refractivity (Wildman–Crippen MR) is 73.3 cm³/mol. The minimum atomic E-state index is -0.707. The minimum Gasteiger partial charge on any atom is -0.382 e. The molecule has 0 bridgehead atoms. The summed E-state index contributed by atoms with van der Waals surface area (Å²) in [6.45, 7) is 4.85. The highest BCUT2D eigenvalue weighted by Crippen LogP contribution is 2.28. The van der Waals surface area contributed by atoms with Crippen LogP contribution in [0.3, 0.4) is 0 Å². The Bertz CT molecular complexity index is 539. The van der Waals surface area contributed by atoms with Gasteiger partial charge in [0, 0.05) is 16.6 Å². The molecule has 1 heterocycles. The van der Waals surface area contributed by atoms with E-state index >= 15 is 0 Å². The third kappa shape index (κ3) is 2.62. The van der Waals surface area contributed by atoms with E-state index in [0.29, 0.717) is 0 Å². The zero-order chi connectivity index (χ0) is 13.1. The molecule has 2 rings (SSSR count). The summed E-state index contributed by atoms with van der Waals surface area (Å²) in [6.07, 6.45) is 1.87. The molecule has 1 N–H and O–H groups in total. The molecule has 5 heteroatoms. The molecule has 0 aliphatic carbocycles. The van der Waals surface area contributed by atoms with Gasteiger partial charge in [-0.2, -0.15) is 0 Å². The largest absolute Gasteiger partial charge is 0.382 e. The van der Waals surface area contributed by atoms with E-state index in [-0.39, 0.29) is 0 Å². The Labute approximate surface area is 115 Å². The Morgan fingerprint density at radius 3 is 2.89 bits per heavy atom. The number of nitrogens with zero attached hydrogens (tertiary/aromatic N) is 3. The van der Waals surface area contributed by atoms with E-state index in [1.807, 2.05) is 25.1 Å². The fourth-order valence-corrected chi connectivity index (χ4v) is 2.59. The van der Waals surface area contributed by atoms with Crippen LogP contribution in [-0.2, 0) is 6.54 Å². The topological polar surface area (TPSA) is 50.9 Å². The third-order valence-corrected chi connectivity index (χ3v) is 3.50. The van der Waals surface area contributed by atoms with Crippen LogP contribution < -0.4 is 0 Å². The van der Waals surface area contributed by atoms with Gasteiger partial charge in [-0.3, -0.25) is 0 Å². The lowest BCUT2D eigenvalue weighted by atomic mass is 10.1. The normalized spacial score (nSPS) is 12.7. The zero-order valence-electron chi connectivity index (χ0n) is 10.5. The summed E-state index contributed by atoms with van der Waals surface area (Å²) in [7, 11) is 0. The Kier molecular flexibility index (Phi) is 4.14. The fraction of sp³-hybridized carbons (Fsp3) is 0.385. The van der Waals surface area contributed by atoms with Gasteiger partial charge in [0.15, 0.2) is 0 Å². The zero-order valence-corrected chi connectivity index (χ0v) is 12.1. The summed E-state index contributed by atoms with van der Waals surface area (Å²) in [5.41, 5.74) is 2.71. The molecule has 0 aliphatic heterocycles. The summed E-state index contributed by atoms with van der Waals surface area (Å²) < 4.78 is 2.65. The van der Waals surface area contributed by atoms with Gasteiger partial charge in [-0.1, -0.05) is 40.2 Å². The number of halogens is 1. The Morgan fingerprint density at radius 2 is 2.22 bits per heavy atom. The van der Waals surface area contributed by atoms with Gasteiger partial charge in [0.1, 0.15) is 6.10 Å². The molecule has 1 aromatic carbocycles. The number of aliphatic hydroxyl groups is 1. The van der Waals surface area contributed by atoms with Gasteiger partial charge < -0.3 is 5.11 Å². The highest BCUT2D eigenvalue weighted by Gasteiger charge is 2.18. The number of hydrogen-bond donors (Lipinski definition) is 1. The standard InChI is InChI=1S/C13H16BrN3O/c1-3-6-17-12(8-15-16-17)13(18)10-5-4-9(2)7-11(10)14/h4-5,7-8,13,18H,3,6H2,1-2H3. The second-order valence-corrected chi connectivity index (χ2v) is 5.16. The molecule has 18 heavy (non-hydrogen) atoms. The van der Waals surface area contributed by atoms with Crippen molar-refractivity contribution in [2.75, 3.05) is 0 Å². The Hall–Kier alpha value is -1.20. The van der Waals surface area contributed by atoms with Crippen LogP contribution >= 0.6 is 15.9 Å².